The molecule has 9 heavy (non-hydrogen) atoms. The van der Waals surface area contributed by atoms with E-state index in [1.807, 2.05) is 6.92 Å². The lowest BCUT2D eigenvalue weighted by molar-refractivity contribution is -0.111. The molecule has 0 aliphatic rings. The summed E-state index contributed by atoms with van der Waals surface area (Å²) < 4.78 is 0. The summed E-state index contributed by atoms with van der Waals surface area (Å²) in [5, 5.41) is 11.2. The van der Waals surface area contributed by atoms with E-state index in [4.69, 9.17) is 5.11 Å². The minimum Gasteiger partial charge on any atom is -0.394 e. The zero-order chi connectivity index (χ0) is 7.33. The molecular formula is C6H13NO2. The van der Waals surface area contributed by atoms with Gasteiger partial charge in [0.1, 0.15) is 0 Å². The number of carbonyl (C=O) groups is 1. The highest BCUT2D eigenvalue weighted by atomic mass is 16.3. The van der Waals surface area contributed by atoms with Crippen LogP contribution in [0.15, 0.2) is 0 Å². The molecule has 0 heterocycles. The van der Waals surface area contributed by atoms with Crippen molar-refractivity contribution in [2.24, 2.45) is 0 Å². The van der Waals surface area contributed by atoms with Crippen LogP contribution in [0, 0.1) is 0 Å². The zero-order valence-corrected chi connectivity index (χ0v) is 5.85. The number of hydrogen-bond donors (Lipinski definition) is 2. The van der Waals surface area contributed by atoms with E-state index in [0.29, 0.717) is 6.41 Å². The van der Waals surface area contributed by atoms with Crippen molar-refractivity contribution in [3.05, 3.63) is 0 Å². The summed E-state index contributed by atoms with van der Waals surface area (Å²) >= 11 is 0. The Kier molecular flexibility index (Phi) is 3.24. The van der Waals surface area contributed by atoms with Crippen LogP contribution in [-0.2, 0) is 4.79 Å². The van der Waals surface area contributed by atoms with E-state index in [-0.39, 0.29) is 6.61 Å². The Hall–Kier alpha value is -0.570. The molecule has 0 bridgehead atoms. The summed E-state index contributed by atoms with van der Waals surface area (Å²) in [4.78, 5) is 9.92. The van der Waals surface area contributed by atoms with Gasteiger partial charge in [-0.1, -0.05) is 6.92 Å². The third-order valence-corrected chi connectivity index (χ3v) is 1.54. The van der Waals surface area contributed by atoms with Crippen molar-refractivity contribution in [3.63, 3.8) is 0 Å². The van der Waals surface area contributed by atoms with Crippen LogP contribution in [0.4, 0.5) is 0 Å². The fourth-order valence-corrected chi connectivity index (χ4v) is 0.402. The third-order valence-electron chi connectivity index (χ3n) is 1.54. The van der Waals surface area contributed by atoms with E-state index in [1.54, 1.807) is 6.92 Å². The molecule has 3 nitrogen and oxygen atoms in total. The predicted molar refractivity (Wildman–Crippen MR) is 35.0 cm³/mol. The molecule has 0 fully saturated rings. The molecule has 0 spiro atoms. The summed E-state index contributed by atoms with van der Waals surface area (Å²) in [5.41, 5.74) is -0.429. The number of rotatable bonds is 4. The van der Waals surface area contributed by atoms with Gasteiger partial charge < -0.3 is 10.4 Å². The van der Waals surface area contributed by atoms with Gasteiger partial charge in [-0.2, -0.15) is 0 Å². The van der Waals surface area contributed by atoms with Crippen molar-refractivity contribution < 1.29 is 9.90 Å². The first-order valence-corrected chi connectivity index (χ1v) is 3.00. The standard InChI is InChI=1S/C6H13NO2/c1-3-6(2,4-8)7-5-9/h5,8H,3-4H2,1-2H3,(H,7,9). The lowest BCUT2D eigenvalue weighted by Gasteiger charge is -2.24. The zero-order valence-electron chi connectivity index (χ0n) is 5.85. The summed E-state index contributed by atoms with van der Waals surface area (Å²) in [6.07, 6.45) is 1.35. The molecule has 0 saturated heterocycles. The fourth-order valence-electron chi connectivity index (χ4n) is 0.402. The van der Waals surface area contributed by atoms with Crippen LogP contribution in [0.3, 0.4) is 0 Å². The summed E-state index contributed by atoms with van der Waals surface area (Å²) in [6.45, 7) is 3.69. The normalized spacial score (nSPS) is 16.3. The highest BCUT2D eigenvalue weighted by Crippen LogP contribution is 2.05. The van der Waals surface area contributed by atoms with Gasteiger partial charge in [0, 0.05) is 0 Å². The Bertz CT molecular complexity index is 89.1. The van der Waals surface area contributed by atoms with Crippen LogP contribution in [-0.4, -0.2) is 23.7 Å². The monoisotopic (exact) mass is 131 g/mol. The third kappa shape index (κ3) is 2.46. The van der Waals surface area contributed by atoms with Crippen molar-refractivity contribution in [2.75, 3.05) is 6.61 Å². The smallest absolute Gasteiger partial charge is 0.207 e. The van der Waals surface area contributed by atoms with E-state index >= 15 is 0 Å². The SMILES string of the molecule is CCC(C)(CO)NC=O. The van der Waals surface area contributed by atoms with E-state index in [1.165, 1.54) is 0 Å². The topological polar surface area (TPSA) is 49.3 Å². The molecule has 0 aliphatic carbocycles. The first kappa shape index (κ1) is 8.43. The lowest BCUT2D eigenvalue weighted by atomic mass is 10.0. The molecule has 3 heteroatoms. The van der Waals surface area contributed by atoms with Crippen molar-refractivity contribution in [1.82, 2.24) is 5.32 Å². The average molecular weight is 131 g/mol. The number of hydrogen-bond acceptors (Lipinski definition) is 2. The highest BCUT2D eigenvalue weighted by Gasteiger charge is 2.18. The second-order valence-corrected chi connectivity index (χ2v) is 2.33. The molecule has 1 atom stereocenters. The second-order valence-electron chi connectivity index (χ2n) is 2.33. The maximum absolute atomic E-state index is 9.92. The van der Waals surface area contributed by atoms with E-state index in [2.05, 4.69) is 5.32 Å². The second kappa shape index (κ2) is 3.45. The molecule has 0 saturated carbocycles. The molecule has 54 valence electrons. The number of amides is 1. The largest absolute Gasteiger partial charge is 0.394 e. The van der Waals surface area contributed by atoms with Crippen molar-refractivity contribution >= 4 is 6.41 Å². The van der Waals surface area contributed by atoms with Crippen LogP contribution in [0.25, 0.3) is 0 Å². The maximum Gasteiger partial charge on any atom is 0.207 e. The quantitative estimate of drug-likeness (QED) is 0.523. The fraction of sp³-hybridized carbons (Fsp3) is 0.833. The van der Waals surface area contributed by atoms with Crippen LogP contribution < -0.4 is 5.32 Å². The van der Waals surface area contributed by atoms with Gasteiger partial charge in [-0.15, -0.1) is 0 Å². The van der Waals surface area contributed by atoms with Crippen molar-refractivity contribution in [1.29, 1.82) is 0 Å². The van der Waals surface area contributed by atoms with Crippen LogP contribution in [0.5, 0.6) is 0 Å². The van der Waals surface area contributed by atoms with Crippen molar-refractivity contribution in [3.8, 4) is 0 Å². The Labute approximate surface area is 55.1 Å². The van der Waals surface area contributed by atoms with Gasteiger partial charge in [0.25, 0.3) is 0 Å². The molecule has 1 amide bonds. The van der Waals surface area contributed by atoms with Gasteiger partial charge in [0.15, 0.2) is 0 Å². The Morgan fingerprint density at radius 3 is 2.44 bits per heavy atom. The van der Waals surface area contributed by atoms with Crippen molar-refractivity contribution in [2.45, 2.75) is 25.8 Å². The van der Waals surface area contributed by atoms with Gasteiger partial charge in [0.05, 0.1) is 12.1 Å². The summed E-state index contributed by atoms with van der Waals surface area (Å²) in [7, 11) is 0. The van der Waals surface area contributed by atoms with E-state index < -0.39 is 5.54 Å². The number of aliphatic hydroxyl groups excluding tert-OH is 1. The van der Waals surface area contributed by atoms with E-state index in [0.717, 1.165) is 6.42 Å². The number of carbonyl (C=O) groups excluding carboxylic acids is 1. The van der Waals surface area contributed by atoms with Gasteiger partial charge in [-0.25, -0.2) is 0 Å². The Morgan fingerprint density at radius 2 is 2.33 bits per heavy atom. The van der Waals surface area contributed by atoms with Gasteiger partial charge in [-0.3, -0.25) is 4.79 Å². The minimum absolute atomic E-state index is 0.0117. The molecule has 0 aliphatic heterocycles. The molecule has 0 aromatic carbocycles. The predicted octanol–water partition coefficient (Wildman–Crippen LogP) is -0.107. The summed E-state index contributed by atoms with van der Waals surface area (Å²) in [5.74, 6) is 0. The Morgan fingerprint density at radius 1 is 1.78 bits per heavy atom. The highest BCUT2D eigenvalue weighted by molar-refractivity contribution is 5.47. The summed E-state index contributed by atoms with van der Waals surface area (Å²) in [6, 6.07) is 0. The minimum atomic E-state index is -0.429. The van der Waals surface area contributed by atoms with Crippen LogP contribution in [0.1, 0.15) is 20.3 Å². The van der Waals surface area contributed by atoms with Gasteiger partial charge in [0.2, 0.25) is 6.41 Å². The Balaban J connectivity index is 3.75. The number of aliphatic hydroxyl groups is 1. The molecule has 0 rings (SSSR count). The van der Waals surface area contributed by atoms with Gasteiger partial charge in [-0.05, 0) is 13.3 Å². The maximum atomic E-state index is 9.92. The molecule has 0 aromatic rings. The average Bonchev–Trinajstić information content (AvgIpc) is 1.89. The van der Waals surface area contributed by atoms with Crippen LogP contribution in [0.2, 0.25) is 0 Å². The molecule has 0 radical (unpaired) electrons. The first-order chi connectivity index (χ1) is 4.18. The molecular weight excluding hydrogens is 118 g/mol. The number of nitrogens with one attached hydrogen (secondary N) is 1. The molecule has 2 N–H and O–H groups in total. The molecule has 1 unspecified atom stereocenters. The van der Waals surface area contributed by atoms with Crippen LogP contribution >= 0.6 is 0 Å². The lowest BCUT2D eigenvalue weighted by Crippen LogP contribution is -2.44. The van der Waals surface area contributed by atoms with E-state index in [9.17, 15) is 4.79 Å². The molecule has 0 aromatic heterocycles. The van der Waals surface area contributed by atoms with Gasteiger partial charge >= 0.3 is 0 Å². The first-order valence-electron chi connectivity index (χ1n) is 3.00.